The number of amides is 2. The van der Waals surface area contributed by atoms with E-state index in [1.165, 1.54) is 7.11 Å². The molecule has 3 aromatic rings. The number of likely N-dealkylation sites (tertiary alicyclic amines) is 1. The van der Waals surface area contributed by atoms with Gasteiger partial charge in [-0.1, -0.05) is 37.3 Å². The molecule has 1 N–H and O–H groups in total. The zero-order valence-corrected chi connectivity index (χ0v) is 21.4. The van der Waals surface area contributed by atoms with E-state index in [-0.39, 0.29) is 29.7 Å². The number of methoxy groups -OCH3 is 1. The van der Waals surface area contributed by atoms with Crippen LogP contribution in [-0.2, 0) is 16.0 Å². The molecule has 35 heavy (non-hydrogen) atoms. The monoisotopic (exact) mass is 535 g/mol. The van der Waals surface area contributed by atoms with E-state index in [4.69, 9.17) is 4.74 Å². The molecule has 2 aliphatic rings. The van der Waals surface area contributed by atoms with Gasteiger partial charge in [-0.2, -0.15) is 0 Å². The molecule has 2 amide bonds. The highest BCUT2D eigenvalue weighted by atomic mass is 79.9. The standard InChI is InChI=1S/C26H26BrN5O3/c1-15-7-8-21(27)30-23(15)31-24(34)19-11-26(2)12-20(26)32(19)22(33)10-16-5-4-6-17(9-16)18-13-28-25(35-3)29-14-18/h4-9,13-14,19-20H,10-12H2,1-3H3,(H,30,31,34)/t19-,20+,26-/m0/s1. The number of aromatic nitrogens is 3. The summed E-state index contributed by atoms with van der Waals surface area (Å²) in [6.07, 6.45) is 5.20. The van der Waals surface area contributed by atoms with Gasteiger partial charge in [0.2, 0.25) is 11.8 Å². The summed E-state index contributed by atoms with van der Waals surface area (Å²) in [6.45, 7) is 4.05. The highest BCUT2D eigenvalue weighted by molar-refractivity contribution is 9.10. The maximum Gasteiger partial charge on any atom is 0.316 e. The molecule has 180 valence electrons. The second kappa shape index (κ2) is 9.03. The van der Waals surface area contributed by atoms with Crippen LogP contribution in [0.15, 0.2) is 53.4 Å². The third kappa shape index (κ3) is 4.65. The molecule has 1 aromatic carbocycles. The van der Waals surface area contributed by atoms with Gasteiger partial charge in [-0.3, -0.25) is 9.59 Å². The molecule has 0 unspecified atom stereocenters. The fourth-order valence-corrected chi connectivity index (χ4v) is 5.20. The Bertz CT molecular complexity index is 1300. The smallest absolute Gasteiger partial charge is 0.316 e. The van der Waals surface area contributed by atoms with Crippen LogP contribution in [0.25, 0.3) is 11.1 Å². The van der Waals surface area contributed by atoms with Gasteiger partial charge in [-0.15, -0.1) is 0 Å². The molecule has 0 radical (unpaired) electrons. The molecule has 3 atom stereocenters. The number of carbonyl (C=O) groups excluding carboxylic acids is 2. The fraction of sp³-hybridized carbons (Fsp3) is 0.346. The minimum Gasteiger partial charge on any atom is -0.467 e. The lowest BCUT2D eigenvalue weighted by atomic mass is 10.0. The van der Waals surface area contributed by atoms with Gasteiger partial charge in [0.15, 0.2) is 0 Å². The summed E-state index contributed by atoms with van der Waals surface area (Å²) >= 11 is 3.36. The third-order valence-corrected chi connectivity index (χ3v) is 7.40. The van der Waals surface area contributed by atoms with E-state index in [1.54, 1.807) is 17.3 Å². The number of hydrogen-bond donors (Lipinski definition) is 1. The Morgan fingerprint density at radius 1 is 1.17 bits per heavy atom. The zero-order chi connectivity index (χ0) is 24.7. The Labute approximate surface area is 212 Å². The Hall–Kier alpha value is -3.33. The van der Waals surface area contributed by atoms with Crippen molar-refractivity contribution < 1.29 is 14.3 Å². The molecule has 1 saturated heterocycles. The van der Waals surface area contributed by atoms with Crippen LogP contribution in [0.5, 0.6) is 6.01 Å². The normalized spacial score (nSPS) is 22.5. The maximum atomic E-state index is 13.5. The molecule has 3 heterocycles. The van der Waals surface area contributed by atoms with Crippen LogP contribution in [0.1, 0.15) is 30.9 Å². The topological polar surface area (TPSA) is 97.3 Å². The van der Waals surface area contributed by atoms with Gasteiger partial charge in [0.25, 0.3) is 0 Å². The lowest BCUT2D eigenvalue weighted by Crippen LogP contribution is -2.46. The predicted octanol–water partition coefficient (Wildman–Crippen LogP) is 4.18. The van der Waals surface area contributed by atoms with Crippen molar-refractivity contribution in [3.8, 4) is 17.1 Å². The first-order chi connectivity index (χ1) is 16.8. The number of carbonyl (C=O) groups is 2. The Balaban J connectivity index is 1.33. The quantitative estimate of drug-likeness (QED) is 0.475. The number of pyridine rings is 1. The van der Waals surface area contributed by atoms with E-state index in [0.717, 1.165) is 28.7 Å². The van der Waals surface area contributed by atoms with Gasteiger partial charge in [0, 0.05) is 24.0 Å². The van der Waals surface area contributed by atoms with Crippen LogP contribution < -0.4 is 10.1 Å². The number of piperidine rings is 1. The number of ether oxygens (including phenoxy) is 1. The van der Waals surface area contributed by atoms with Gasteiger partial charge in [-0.25, -0.2) is 15.0 Å². The molecule has 0 spiro atoms. The SMILES string of the molecule is COc1ncc(-c2cccc(CC(=O)N3[C@H](C(=O)Nc4nc(Br)ccc4C)C[C@@]4(C)C[C@@H]34)c2)cn1. The average Bonchev–Trinajstić information content (AvgIpc) is 3.41. The average molecular weight is 536 g/mol. The first kappa shape index (κ1) is 23.4. The van der Waals surface area contributed by atoms with Gasteiger partial charge in [0.05, 0.1) is 13.5 Å². The molecule has 8 nitrogen and oxygen atoms in total. The molecule has 2 fully saturated rings. The van der Waals surface area contributed by atoms with Crippen molar-refractivity contribution in [2.45, 2.75) is 45.2 Å². The van der Waals surface area contributed by atoms with Crippen molar-refractivity contribution in [3.63, 3.8) is 0 Å². The van der Waals surface area contributed by atoms with Crippen LogP contribution in [0.2, 0.25) is 0 Å². The number of rotatable bonds is 6. The van der Waals surface area contributed by atoms with Gasteiger partial charge in [0.1, 0.15) is 16.5 Å². The van der Waals surface area contributed by atoms with Gasteiger partial charge in [-0.05, 0) is 63.9 Å². The molecule has 0 bridgehead atoms. The summed E-state index contributed by atoms with van der Waals surface area (Å²) in [5, 5.41) is 2.94. The zero-order valence-electron chi connectivity index (χ0n) is 19.8. The number of nitrogens with zero attached hydrogens (tertiary/aromatic N) is 4. The number of nitrogens with one attached hydrogen (secondary N) is 1. The first-order valence-corrected chi connectivity index (χ1v) is 12.3. The lowest BCUT2D eigenvalue weighted by molar-refractivity contribution is -0.137. The Morgan fingerprint density at radius 2 is 1.94 bits per heavy atom. The van der Waals surface area contributed by atoms with E-state index in [0.29, 0.717) is 22.9 Å². The number of hydrogen-bond acceptors (Lipinski definition) is 6. The fourth-order valence-electron chi connectivity index (χ4n) is 4.89. The molecule has 1 aliphatic heterocycles. The number of halogens is 1. The van der Waals surface area contributed by atoms with Crippen molar-refractivity contribution in [2.75, 3.05) is 12.4 Å². The van der Waals surface area contributed by atoms with Crippen LogP contribution >= 0.6 is 15.9 Å². The molecular formula is C26H26BrN5O3. The van der Waals surface area contributed by atoms with Crippen molar-refractivity contribution in [2.24, 2.45) is 5.41 Å². The number of benzene rings is 1. The number of aryl methyl sites for hydroxylation is 1. The van der Waals surface area contributed by atoms with Crippen LogP contribution in [-0.4, -0.2) is 50.9 Å². The summed E-state index contributed by atoms with van der Waals surface area (Å²) in [5.74, 6) is 0.278. The maximum absolute atomic E-state index is 13.5. The van der Waals surface area contributed by atoms with E-state index in [9.17, 15) is 9.59 Å². The summed E-state index contributed by atoms with van der Waals surface area (Å²) in [4.78, 5) is 41.3. The summed E-state index contributed by atoms with van der Waals surface area (Å²) in [7, 11) is 1.52. The molecule has 9 heteroatoms. The van der Waals surface area contributed by atoms with Crippen molar-refractivity contribution in [1.29, 1.82) is 0 Å². The second-order valence-corrected chi connectivity index (χ2v) is 10.3. The molecular weight excluding hydrogens is 510 g/mol. The predicted molar refractivity (Wildman–Crippen MR) is 135 cm³/mol. The minimum atomic E-state index is -0.510. The van der Waals surface area contributed by atoms with Crippen LogP contribution in [0.4, 0.5) is 5.82 Å². The molecule has 5 rings (SSSR count). The van der Waals surface area contributed by atoms with Gasteiger partial charge < -0.3 is 15.0 Å². The third-order valence-electron chi connectivity index (χ3n) is 6.96. The largest absolute Gasteiger partial charge is 0.467 e. The Kier molecular flexibility index (Phi) is 6.04. The highest BCUT2D eigenvalue weighted by Gasteiger charge is 2.64. The Morgan fingerprint density at radius 3 is 2.69 bits per heavy atom. The number of fused-ring (bicyclic) bond motifs is 1. The van der Waals surface area contributed by atoms with Crippen LogP contribution in [0, 0.1) is 12.3 Å². The van der Waals surface area contributed by atoms with E-state index in [2.05, 4.69) is 43.1 Å². The molecule has 2 aromatic heterocycles. The van der Waals surface area contributed by atoms with Gasteiger partial charge >= 0.3 is 6.01 Å². The van der Waals surface area contributed by atoms with E-state index in [1.807, 2.05) is 43.3 Å². The van der Waals surface area contributed by atoms with E-state index < -0.39 is 6.04 Å². The highest BCUT2D eigenvalue weighted by Crippen LogP contribution is 2.59. The lowest BCUT2D eigenvalue weighted by Gasteiger charge is -2.27. The van der Waals surface area contributed by atoms with Crippen LogP contribution in [0.3, 0.4) is 0 Å². The summed E-state index contributed by atoms with van der Waals surface area (Å²) < 4.78 is 5.68. The van der Waals surface area contributed by atoms with Crippen molar-refractivity contribution in [1.82, 2.24) is 19.9 Å². The molecule has 1 aliphatic carbocycles. The summed E-state index contributed by atoms with van der Waals surface area (Å²) in [6, 6.07) is 11.4. The summed E-state index contributed by atoms with van der Waals surface area (Å²) in [5.41, 5.74) is 3.50. The van der Waals surface area contributed by atoms with E-state index >= 15 is 0 Å². The minimum absolute atomic E-state index is 0.000305. The van der Waals surface area contributed by atoms with Crippen molar-refractivity contribution >= 4 is 33.6 Å². The second-order valence-electron chi connectivity index (χ2n) is 9.52. The number of anilines is 1. The first-order valence-electron chi connectivity index (χ1n) is 11.5. The molecule has 1 saturated carbocycles. The van der Waals surface area contributed by atoms with Crippen molar-refractivity contribution in [3.05, 3.63) is 64.5 Å².